The van der Waals surface area contributed by atoms with Gasteiger partial charge in [-0.15, -0.1) is 11.3 Å². The van der Waals surface area contributed by atoms with Crippen molar-refractivity contribution in [2.45, 2.75) is 32.7 Å². The zero-order chi connectivity index (χ0) is 15.1. The molecule has 0 saturated carbocycles. The van der Waals surface area contributed by atoms with Crippen molar-refractivity contribution in [1.82, 2.24) is 5.32 Å². The smallest absolute Gasteiger partial charge is 0.331 e. The number of hydrogen-bond donors (Lipinski definition) is 3. The lowest BCUT2D eigenvalue weighted by atomic mass is 9.94. The number of thiophene rings is 1. The van der Waals surface area contributed by atoms with Gasteiger partial charge in [0.15, 0.2) is 6.04 Å². The minimum absolute atomic E-state index is 0.0905. The Labute approximate surface area is 123 Å². The molecule has 1 rings (SSSR count). The van der Waals surface area contributed by atoms with Crippen molar-refractivity contribution in [1.29, 1.82) is 0 Å². The first-order chi connectivity index (χ1) is 9.43. The van der Waals surface area contributed by atoms with Crippen molar-refractivity contribution in [3.63, 3.8) is 0 Å². The lowest BCUT2D eigenvalue weighted by molar-refractivity contribution is -0.142. The summed E-state index contributed by atoms with van der Waals surface area (Å²) >= 11 is 1.32. The van der Waals surface area contributed by atoms with Gasteiger partial charge in [-0.05, 0) is 36.2 Å². The summed E-state index contributed by atoms with van der Waals surface area (Å²) in [6, 6.07) is 2.50. The van der Waals surface area contributed by atoms with Crippen LogP contribution in [-0.4, -0.2) is 23.5 Å². The molecule has 4 N–H and O–H groups in total. The molecule has 0 saturated heterocycles. The number of carboxylic acid groups (broad SMARTS) is 1. The standard InChI is InChI=1S/C14H22N2O3S/c1-9(2)6-10(8-15)7-12(17)16-13(14(18)19)11-4-3-5-20-11/h3-5,9-10,13H,6-8,15H2,1-2H3,(H,16,17)(H,18,19). The van der Waals surface area contributed by atoms with Crippen molar-refractivity contribution in [2.24, 2.45) is 17.6 Å². The highest BCUT2D eigenvalue weighted by molar-refractivity contribution is 7.10. The molecule has 2 unspecified atom stereocenters. The van der Waals surface area contributed by atoms with E-state index in [4.69, 9.17) is 5.73 Å². The first-order valence-electron chi connectivity index (χ1n) is 6.69. The maximum Gasteiger partial charge on any atom is 0.331 e. The Morgan fingerprint density at radius 3 is 2.60 bits per heavy atom. The quantitative estimate of drug-likeness (QED) is 0.684. The Bertz CT molecular complexity index is 432. The van der Waals surface area contributed by atoms with Crippen molar-refractivity contribution >= 4 is 23.2 Å². The summed E-state index contributed by atoms with van der Waals surface area (Å²) in [5.74, 6) is -0.757. The fraction of sp³-hybridized carbons (Fsp3) is 0.571. The molecule has 1 aromatic rings. The number of nitrogens with two attached hydrogens (primary N) is 1. The third-order valence-electron chi connectivity index (χ3n) is 2.99. The van der Waals surface area contributed by atoms with Gasteiger partial charge in [0, 0.05) is 11.3 Å². The van der Waals surface area contributed by atoms with Crippen molar-refractivity contribution in [3.8, 4) is 0 Å². The van der Waals surface area contributed by atoms with Gasteiger partial charge >= 0.3 is 5.97 Å². The minimum Gasteiger partial charge on any atom is -0.479 e. The molecule has 0 spiro atoms. The number of hydrogen-bond acceptors (Lipinski definition) is 4. The van der Waals surface area contributed by atoms with Crippen molar-refractivity contribution < 1.29 is 14.7 Å². The molecule has 1 amide bonds. The van der Waals surface area contributed by atoms with E-state index in [0.29, 0.717) is 17.3 Å². The number of rotatable bonds is 8. The van der Waals surface area contributed by atoms with Gasteiger partial charge in [-0.2, -0.15) is 0 Å². The molecule has 20 heavy (non-hydrogen) atoms. The number of nitrogens with one attached hydrogen (secondary N) is 1. The molecular weight excluding hydrogens is 276 g/mol. The number of carbonyl (C=O) groups excluding carboxylic acids is 1. The van der Waals surface area contributed by atoms with Gasteiger partial charge in [-0.1, -0.05) is 19.9 Å². The molecule has 0 fully saturated rings. The molecule has 0 aliphatic heterocycles. The second-order valence-corrected chi connectivity index (χ2v) is 6.27. The minimum atomic E-state index is -1.05. The van der Waals surface area contributed by atoms with E-state index in [1.165, 1.54) is 11.3 Å². The summed E-state index contributed by atoms with van der Waals surface area (Å²) in [6.07, 6.45) is 1.13. The molecule has 1 aromatic heterocycles. The monoisotopic (exact) mass is 298 g/mol. The normalized spacial score (nSPS) is 14.0. The number of aliphatic carboxylic acids is 1. The van der Waals surface area contributed by atoms with Crippen LogP contribution in [-0.2, 0) is 9.59 Å². The Hall–Kier alpha value is -1.40. The largest absolute Gasteiger partial charge is 0.479 e. The fourth-order valence-electron chi connectivity index (χ4n) is 2.12. The lowest BCUT2D eigenvalue weighted by Crippen LogP contribution is -2.35. The van der Waals surface area contributed by atoms with Crippen LogP contribution in [0.1, 0.15) is 37.6 Å². The first-order valence-corrected chi connectivity index (χ1v) is 7.57. The van der Waals surface area contributed by atoms with Gasteiger partial charge in [-0.3, -0.25) is 4.79 Å². The van der Waals surface area contributed by atoms with E-state index in [-0.39, 0.29) is 18.2 Å². The first kappa shape index (κ1) is 16.7. The topological polar surface area (TPSA) is 92.4 Å². The average Bonchev–Trinajstić information content (AvgIpc) is 2.87. The van der Waals surface area contributed by atoms with Gasteiger partial charge in [0.2, 0.25) is 5.91 Å². The van der Waals surface area contributed by atoms with Crippen LogP contribution in [0.2, 0.25) is 0 Å². The van der Waals surface area contributed by atoms with Crippen LogP contribution in [0.3, 0.4) is 0 Å². The summed E-state index contributed by atoms with van der Waals surface area (Å²) < 4.78 is 0. The molecule has 112 valence electrons. The highest BCUT2D eigenvalue weighted by atomic mass is 32.1. The molecule has 6 heteroatoms. The van der Waals surface area contributed by atoms with Gasteiger partial charge in [0.05, 0.1) is 0 Å². The molecule has 0 aromatic carbocycles. The van der Waals surface area contributed by atoms with Gasteiger partial charge in [-0.25, -0.2) is 4.79 Å². The Kier molecular flexibility index (Phi) is 6.67. The molecule has 5 nitrogen and oxygen atoms in total. The van der Waals surface area contributed by atoms with Crippen molar-refractivity contribution in [2.75, 3.05) is 6.54 Å². The van der Waals surface area contributed by atoms with Gasteiger partial charge < -0.3 is 16.2 Å². The Morgan fingerprint density at radius 1 is 1.45 bits per heavy atom. The van der Waals surface area contributed by atoms with Crippen LogP contribution in [0, 0.1) is 11.8 Å². The second-order valence-electron chi connectivity index (χ2n) is 5.29. The SMILES string of the molecule is CC(C)CC(CN)CC(=O)NC(C(=O)O)c1cccs1. The van der Waals surface area contributed by atoms with E-state index in [2.05, 4.69) is 19.2 Å². The summed E-state index contributed by atoms with van der Waals surface area (Å²) in [5.41, 5.74) is 5.66. The summed E-state index contributed by atoms with van der Waals surface area (Å²) in [6.45, 7) is 4.58. The van der Waals surface area contributed by atoms with E-state index < -0.39 is 12.0 Å². The molecular formula is C14H22N2O3S. The summed E-state index contributed by atoms with van der Waals surface area (Å²) in [4.78, 5) is 23.8. The maximum atomic E-state index is 12.0. The summed E-state index contributed by atoms with van der Waals surface area (Å²) in [7, 11) is 0. The zero-order valence-electron chi connectivity index (χ0n) is 11.8. The molecule has 0 radical (unpaired) electrons. The fourth-order valence-corrected chi connectivity index (χ4v) is 2.89. The molecule has 0 aliphatic rings. The third kappa shape index (κ3) is 5.30. The molecule has 2 atom stereocenters. The second kappa shape index (κ2) is 8.01. The Morgan fingerprint density at radius 2 is 2.15 bits per heavy atom. The molecule has 1 heterocycles. The third-order valence-corrected chi connectivity index (χ3v) is 3.93. The van der Waals surface area contributed by atoms with Gasteiger partial charge in [0.1, 0.15) is 0 Å². The molecule has 0 aliphatic carbocycles. The average molecular weight is 298 g/mol. The lowest BCUT2D eigenvalue weighted by Gasteiger charge is -2.18. The highest BCUT2D eigenvalue weighted by Gasteiger charge is 2.24. The highest BCUT2D eigenvalue weighted by Crippen LogP contribution is 2.20. The zero-order valence-corrected chi connectivity index (χ0v) is 12.7. The number of carbonyl (C=O) groups is 2. The summed E-state index contributed by atoms with van der Waals surface area (Å²) in [5, 5.41) is 13.6. The van der Waals surface area contributed by atoms with E-state index in [1.807, 2.05) is 0 Å². The van der Waals surface area contributed by atoms with Crippen molar-refractivity contribution in [3.05, 3.63) is 22.4 Å². The van der Waals surface area contributed by atoms with Gasteiger partial charge in [0.25, 0.3) is 0 Å². The van der Waals surface area contributed by atoms with E-state index in [9.17, 15) is 14.7 Å². The predicted octanol–water partition coefficient (Wildman–Crippen LogP) is 2.00. The van der Waals surface area contributed by atoms with E-state index >= 15 is 0 Å². The van der Waals surface area contributed by atoms with E-state index in [0.717, 1.165) is 6.42 Å². The van der Waals surface area contributed by atoms with Crippen LogP contribution in [0.4, 0.5) is 0 Å². The maximum absolute atomic E-state index is 12.0. The Balaban J connectivity index is 2.60. The number of carboxylic acids is 1. The van der Waals surface area contributed by atoms with Crippen LogP contribution < -0.4 is 11.1 Å². The van der Waals surface area contributed by atoms with Crippen LogP contribution in [0.15, 0.2) is 17.5 Å². The number of amides is 1. The van der Waals surface area contributed by atoms with Crippen LogP contribution >= 0.6 is 11.3 Å². The predicted molar refractivity (Wildman–Crippen MR) is 79.5 cm³/mol. The van der Waals surface area contributed by atoms with E-state index in [1.54, 1.807) is 17.5 Å². The van der Waals surface area contributed by atoms with Crippen LogP contribution in [0.25, 0.3) is 0 Å². The van der Waals surface area contributed by atoms with Crippen LogP contribution in [0.5, 0.6) is 0 Å². The molecule has 0 bridgehead atoms.